The Balaban J connectivity index is 2.37. The molecule has 1 aromatic heterocycles. The lowest BCUT2D eigenvalue weighted by Crippen LogP contribution is -2.16. The van der Waals surface area contributed by atoms with Gasteiger partial charge < -0.3 is 10.4 Å². The van der Waals surface area contributed by atoms with E-state index in [-0.39, 0.29) is 5.69 Å². The van der Waals surface area contributed by atoms with Crippen LogP contribution in [0, 0.1) is 24.4 Å². The molecule has 0 atom stereocenters. The molecule has 0 radical (unpaired) electrons. The van der Waals surface area contributed by atoms with Crippen molar-refractivity contribution in [2.24, 2.45) is 0 Å². The van der Waals surface area contributed by atoms with Gasteiger partial charge in [-0.1, -0.05) is 0 Å². The predicted octanol–water partition coefficient (Wildman–Crippen LogP) is 3.53. The molecule has 1 amide bonds. The number of hydrogen-bond donors (Lipinski definition) is 2. The van der Waals surface area contributed by atoms with E-state index in [1.165, 1.54) is 6.07 Å². The average molecular weight is 361 g/mol. The molecule has 1 aromatic carbocycles. The maximum atomic E-state index is 13.6. The SMILES string of the molecule is Cc1nc(Br)ccc1NC(=O)c1cc(F)c(F)c(O)c1F. The number of benzene rings is 1. The molecule has 8 heteroatoms. The van der Waals surface area contributed by atoms with Crippen LogP contribution in [-0.2, 0) is 0 Å². The lowest BCUT2D eigenvalue weighted by atomic mass is 10.1. The monoisotopic (exact) mass is 360 g/mol. The van der Waals surface area contributed by atoms with E-state index in [9.17, 15) is 18.0 Å². The van der Waals surface area contributed by atoms with Gasteiger partial charge in [0.05, 0.1) is 16.9 Å². The molecule has 0 saturated carbocycles. The smallest absolute Gasteiger partial charge is 0.258 e. The summed E-state index contributed by atoms with van der Waals surface area (Å²) < 4.78 is 40.3. The number of amides is 1. The number of halogens is 4. The first-order valence-electron chi connectivity index (χ1n) is 5.62. The number of aromatic hydroxyl groups is 1. The second-order valence-electron chi connectivity index (χ2n) is 4.10. The van der Waals surface area contributed by atoms with E-state index in [4.69, 9.17) is 5.11 Å². The van der Waals surface area contributed by atoms with E-state index in [0.29, 0.717) is 16.4 Å². The quantitative estimate of drug-likeness (QED) is 0.636. The average Bonchev–Trinajstić information content (AvgIpc) is 2.43. The fourth-order valence-electron chi connectivity index (χ4n) is 1.61. The second kappa shape index (κ2) is 5.72. The molecule has 110 valence electrons. The molecule has 0 aliphatic rings. The van der Waals surface area contributed by atoms with Crippen LogP contribution in [0.25, 0.3) is 0 Å². The number of nitrogens with zero attached hydrogens (tertiary/aromatic N) is 1. The fourth-order valence-corrected chi connectivity index (χ4v) is 2.01. The van der Waals surface area contributed by atoms with Gasteiger partial charge in [-0.25, -0.2) is 13.8 Å². The summed E-state index contributed by atoms with van der Waals surface area (Å²) in [6.07, 6.45) is 0. The summed E-state index contributed by atoms with van der Waals surface area (Å²) in [6, 6.07) is 3.42. The third kappa shape index (κ3) is 2.99. The predicted molar refractivity (Wildman–Crippen MR) is 72.6 cm³/mol. The van der Waals surface area contributed by atoms with Crippen LogP contribution in [0.4, 0.5) is 18.9 Å². The molecule has 0 aliphatic carbocycles. The topological polar surface area (TPSA) is 62.2 Å². The molecule has 0 unspecified atom stereocenters. The Labute approximate surface area is 125 Å². The van der Waals surface area contributed by atoms with E-state index in [2.05, 4.69) is 26.2 Å². The molecule has 2 aromatic rings. The maximum absolute atomic E-state index is 13.6. The van der Waals surface area contributed by atoms with Gasteiger partial charge in [0.1, 0.15) is 4.60 Å². The highest BCUT2D eigenvalue weighted by Gasteiger charge is 2.22. The van der Waals surface area contributed by atoms with Crippen molar-refractivity contribution in [3.8, 4) is 5.75 Å². The summed E-state index contributed by atoms with van der Waals surface area (Å²) in [4.78, 5) is 15.9. The molecule has 2 rings (SSSR count). The summed E-state index contributed by atoms with van der Waals surface area (Å²) in [6.45, 7) is 1.60. The van der Waals surface area contributed by atoms with Crippen LogP contribution in [-0.4, -0.2) is 16.0 Å². The van der Waals surface area contributed by atoms with Crippen LogP contribution >= 0.6 is 15.9 Å². The van der Waals surface area contributed by atoms with Crippen LogP contribution in [0.1, 0.15) is 16.1 Å². The summed E-state index contributed by atoms with van der Waals surface area (Å²) in [7, 11) is 0. The highest BCUT2D eigenvalue weighted by molar-refractivity contribution is 9.10. The van der Waals surface area contributed by atoms with Gasteiger partial charge in [0.15, 0.2) is 17.4 Å². The number of nitrogens with one attached hydrogen (secondary N) is 1. The van der Waals surface area contributed by atoms with Crippen LogP contribution in [0.5, 0.6) is 5.75 Å². The number of phenolic OH excluding ortho intramolecular Hbond substituents is 1. The van der Waals surface area contributed by atoms with Gasteiger partial charge in [-0.05, 0) is 41.1 Å². The normalized spacial score (nSPS) is 10.5. The lowest BCUT2D eigenvalue weighted by molar-refractivity contribution is 0.102. The minimum Gasteiger partial charge on any atom is -0.503 e. The van der Waals surface area contributed by atoms with Gasteiger partial charge in [-0.3, -0.25) is 4.79 Å². The number of phenols is 1. The van der Waals surface area contributed by atoms with Crippen LogP contribution in [0.3, 0.4) is 0 Å². The molecule has 1 heterocycles. The minimum atomic E-state index is -1.74. The van der Waals surface area contributed by atoms with Crippen molar-refractivity contribution in [1.82, 2.24) is 4.98 Å². The van der Waals surface area contributed by atoms with Gasteiger partial charge in [-0.15, -0.1) is 0 Å². The number of hydrogen-bond acceptors (Lipinski definition) is 3. The fraction of sp³-hybridized carbons (Fsp3) is 0.0769. The number of rotatable bonds is 2. The molecule has 21 heavy (non-hydrogen) atoms. The Morgan fingerprint density at radius 1 is 1.29 bits per heavy atom. The number of anilines is 1. The third-order valence-electron chi connectivity index (χ3n) is 2.68. The van der Waals surface area contributed by atoms with Gasteiger partial charge in [0, 0.05) is 0 Å². The molecule has 0 spiro atoms. The first kappa shape index (κ1) is 15.3. The second-order valence-corrected chi connectivity index (χ2v) is 4.92. The van der Waals surface area contributed by atoms with Gasteiger partial charge in [-0.2, -0.15) is 4.39 Å². The van der Waals surface area contributed by atoms with Crippen LogP contribution < -0.4 is 5.32 Å². The molecular formula is C13H8BrF3N2O2. The number of carbonyl (C=O) groups excluding carboxylic acids is 1. The molecule has 0 bridgehead atoms. The zero-order chi connectivity index (χ0) is 15.7. The van der Waals surface area contributed by atoms with Crippen molar-refractivity contribution in [2.75, 3.05) is 5.32 Å². The maximum Gasteiger partial charge on any atom is 0.258 e. The number of carbonyl (C=O) groups is 1. The van der Waals surface area contributed by atoms with E-state index in [1.54, 1.807) is 13.0 Å². The number of aromatic nitrogens is 1. The standard InChI is InChI=1S/C13H8BrF3N2O2/c1-5-8(2-3-9(14)18-5)19-13(21)6-4-7(15)11(17)12(20)10(6)16/h2-4,20H,1H3,(H,19,21). The van der Waals surface area contributed by atoms with E-state index in [1.807, 2.05) is 0 Å². The summed E-state index contributed by atoms with van der Waals surface area (Å²) in [5.74, 6) is -7.37. The van der Waals surface area contributed by atoms with Gasteiger partial charge in [0.25, 0.3) is 5.91 Å². The first-order chi connectivity index (χ1) is 9.81. The van der Waals surface area contributed by atoms with Crippen molar-refractivity contribution in [3.05, 3.63) is 51.5 Å². The van der Waals surface area contributed by atoms with Crippen molar-refractivity contribution in [3.63, 3.8) is 0 Å². The molecule has 0 aliphatic heterocycles. The zero-order valence-corrected chi connectivity index (χ0v) is 12.1. The molecular weight excluding hydrogens is 353 g/mol. The Kier molecular flexibility index (Phi) is 4.17. The van der Waals surface area contributed by atoms with Crippen molar-refractivity contribution in [2.45, 2.75) is 6.92 Å². The minimum absolute atomic E-state index is 0.270. The summed E-state index contributed by atoms with van der Waals surface area (Å²) >= 11 is 3.14. The third-order valence-corrected chi connectivity index (χ3v) is 3.12. The Morgan fingerprint density at radius 3 is 2.57 bits per heavy atom. The molecule has 0 fully saturated rings. The van der Waals surface area contributed by atoms with Gasteiger partial charge >= 0.3 is 0 Å². The lowest BCUT2D eigenvalue weighted by Gasteiger charge is -2.10. The van der Waals surface area contributed by atoms with E-state index in [0.717, 1.165) is 0 Å². The van der Waals surface area contributed by atoms with E-state index >= 15 is 0 Å². The van der Waals surface area contributed by atoms with Crippen molar-refractivity contribution < 1.29 is 23.1 Å². The van der Waals surface area contributed by atoms with E-state index < -0.39 is 34.7 Å². The number of aryl methyl sites for hydroxylation is 1. The van der Waals surface area contributed by atoms with Crippen molar-refractivity contribution in [1.29, 1.82) is 0 Å². The van der Waals surface area contributed by atoms with Crippen LogP contribution in [0.15, 0.2) is 22.8 Å². The largest absolute Gasteiger partial charge is 0.503 e. The molecule has 4 nitrogen and oxygen atoms in total. The Bertz CT molecular complexity index is 738. The zero-order valence-electron chi connectivity index (χ0n) is 10.5. The highest BCUT2D eigenvalue weighted by Crippen LogP contribution is 2.26. The van der Waals surface area contributed by atoms with Crippen LogP contribution in [0.2, 0.25) is 0 Å². The first-order valence-corrected chi connectivity index (χ1v) is 6.41. The Morgan fingerprint density at radius 2 is 1.95 bits per heavy atom. The number of pyridine rings is 1. The Hall–Kier alpha value is -2.09. The summed E-state index contributed by atoms with van der Waals surface area (Å²) in [5, 5.41) is 11.4. The van der Waals surface area contributed by atoms with Crippen molar-refractivity contribution >= 4 is 27.5 Å². The molecule has 2 N–H and O–H groups in total. The summed E-state index contributed by atoms with van der Waals surface area (Å²) in [5.41, 5.74) is -0.106. The highest BCUT2D eigenvalue weighted by atomic mass is 79.9. The van der Waals surface area contributed by atoms with Gasteiger partial charge in [0.2, 0.25) is 5.82 Å². The molecule has 0 saturated heterocycles.